The first-order valence-corrected chi connectivity index (χ1v) is 10.9. The molecule has 0 aromatic rings. The van der Waals surface area contributed by atoms with Gasteiger partial charge in [-0.2, -0.15) is 17.0 Å². The maximum Gasteiger partial charge on any atom is 0.451 e. The number of carboxylic acid groups (broad SMARTS) is 1. The van der Waals surface area contributed by atoms with Gasteiger partial charge >= 0.3 is 13.1 Å². The molecule has 2 saturated heterocycles. The van der Waals surface area contributed by atoms with Gasteiger partial charge in [-0.15, -0.1) is 0 Å². The molecule has 2 rings (SSSR count). The highest BCUT2D eigenvalue weighted by Crippen LogP contribution is 2.33. The zero-order valence-corrected chi connectivity index (χ0v) is 16.6. The van der Waals surface area contributed by atoms with E-state index < -0.39 is 34.8 Å². The van der Waals surface area contributed by atoms with Crippen molar-refractivity contribution in [2.75, 3.05) is 32.7 Å². The molecule has 2 aliphatic heterocycles. The van der Waals surface area contributed by atoms with Crippen molar-refractivity contribution >= 4 is 23.3 Å². The minimum Gasteiger partial charge on any atom is -0.480 e. The van der Waals surface area contributed by atoms with Crippen molar-refractivity contribution in [1.82, 2.24) is 13.9 Å². The molecule has 0 bridgehead atoms. The van der Waals surface area contributed by atoms with Crippen molar-refractivity contribution in [2.24, 2.45) is 11.7 Å². The van der Waals surface area contributed by atoms with E-state index in [1.54, 1.807) is 0 Å². The highest BCUT2D eigenvalue weighted by molar-refractivity contribution is 7.86. The minimum atomic E-state index is -3.84. The number of aliphatic carboxylic acids is 1. The maximum atomic E-state index is 13.2. The molecule has 0 amide bonds. The second-order valence-corrected chi connectivity index (χ2v) is 9.39. The number of carboxylic acids is 1. The van der Waals surface area contributed by atoms with Crippen LogP contribution in [-0.2, 0) is 15.0 Å². The van der Waals surface area contributed by atoms with Gasteiger partial charge in [0.1, 0.15) is 5.54 Å². The van der Waals surface area contributed by atoms with Gasteiger partial charge in [-0.3, -0.25) is 4.79 Å². The highest BCUT2D eigenvalue weighted by Gasteiger charge is 2.53. The molecule has 10 nitrogen and oxygen atoms in total. The van der Waals surface area contributed by atoms with Crippen LogP contribution in [0.5, 0.6) is 0 Å². The summed E-state index contributed by atoms with van der Waals surface area (Å²) in [6, 6.07) is -0.143. The number of carbonyl (C=O) groups is 1. The van der Waals surface area contributed by atoms with E-state index in [4.69, 9.17) is 15.8 Å². The van der Waals surface area contributed by atoms with Crippen molar-refractivity contribution in [3.05, 3.63) is 0 Å². The Balaban J connectivity index is 2.19. The van der Waals surface area contributed by atoms with Gasteiger partial charge in [0.25, 0.3) is 10.2 Å². The van der Waals surface area contributed by atoms with Gasteiger partial charge < -0.3 is 26.2 Å². The number of nitrogens with two attached hydrogens (primary N) is 1. The van der Waals surface area contributed by atoms with Crippen LogP contribution in [0.15, 0.2) is 0 Å². The predicted octanol–water partition coefficient (Wildman–Crippen LogP) is -1.73. The van der Waals surface area contributed by atoms with Crippen LogP contribution >= 0.6 is 0 Å². The van der Waals surface area contributed by atoms with Crippen LogP contribution in [0.4, 0.5) is 0 Å². The lowest BCUT2D eigenvalue weighted by atomic mass is 9.78. The summed E-state index contributed by atoms with van der Waals surface area (Å²) in [6.45, 7) is 3.35. The van der Waals surface area contributed by atoms with E-state index in [0.29, 0.717) is 32.4 Å². The fourth-order valence-electron chi connectivity index (χ4n) is 3.95. The molecule has 0 saturated carbocycles. The standard InChI is InChI=1S/C15H31BN4O6S/c1-2-8-20(13-5-7-18-9-13)27(25,26)19-10-12(4-3-6-16(23)24)15(17,11-19)14(21)22/h12-13,18,23-24H,2-11,17H2,1H3,(H,21,22)/t12-,13-,15-/m0/s1. The van der Waals surface area contributed by atoms with Crippen LogP contribution in [0.3, 0.4) is 0 Å². The first-order chi connectivity index (χ1) is 12.6. The number of nitrogens with one attached hydrogen (secondary N) is 1. The van der Waals surface area contributed by atoms with Gasteiger partial charge in [0.05, 0.1) is 0 Å². The molecule has 0 aromatic carbocycles. The lowest BCUT2D eigenvalue weighted by Gasteiger charge is -2.31. The molecule has 0 aromatic heterocycles. The number of hydrogen-bond donors (Lipinski definition) is 5. The van der Waals surface area contributed by atoms with Crippen LogP contribution in [0.25, 0.3) is 0 Å². The smallest absolute Gasteiger partial charge is 0.451 e. The summed E-state index contributed by atoms with van der Waals surface area (Å²) in [4.78, 5) is 11.8. The second-order valence-electron chi connectivity index (χ2n) is 7.51. The molecule has 27 heavy (non-hydrogen) atoms. The summed E-state index contributed by atoms with van der Waals surface area (Å²) in [7, 11) is -5.31. The van der Waals surface area contributed by atoms with Crippen LogP contribution in [-0.4, -0.2) is 89.6 Å². The van der Waals surface area contributed by atoms with Crippen LogP contribution < -0.4 is 11.1 Å². The zero-order valence-electron chi connectivity index (χ0n) is 15.7. The molecule has 0 spiro atoms. The average Bonchev–Trinajstić information content (AvgIpc) is 3.21. The number of nitrogens with zero attached hydrogens (tertiary/aromatic N) is 2. The maximum absolute atomic E-state index is 13.2. The van der Waals surface area contributed by atoms with Gasteiger partial charge in [0.2, 0.25) is 0 Å². The van der Waals surface area contributed by atoms with E-state index in [2.05, 4.69) is 5.32 Å². The van der Waals surface area contributed by atoms with Crippen molar-refractivity contribution in [2.45, 2.75) is 50.5 Å². The first-order valence-electron chi connectivity index (χ1n) is 9.49. The van der Waals surface area contributed by atoms with Crippen LogP contribution in [0.2, 0.25) is 6.32 Å². The average molecular weight is 406 g/mol. The molecule has 12 heteroatoms. The zero-order chi connectivity index (χ0) is 20.2. The molecule has 0 radical (unpaired) electrons. The van der Waals surface area contributed by atoms with Gasteiger partial charge in [-0.1, -0.05) is 13.3 Å². The quantitative estimate of drug-likeness (QED) is 0.268. The molecule has 0 unspecified atom stereocenters. The third-order valence-electron chi connectivity index (χ3n) is 5.51. The summed E-state index contributed by atoms with van der Waals surface area (Å²) < 4.78 is 29.1. The molecule has 0 aliphatic carbocycles. The summed E-state index contributed by atoms with van der Waals surface area (Å²) in [5, 5.41) is 30.8. The SMILES string of the molecule is CCCN([C@H]1CCNC1)S(=O)(=O)N1C[C@H](CCCB(O)O)[C@](N)(C(=O)O)C1. The Morgan fingerprint density at radius 3 is 2.67 bits per heavy atom. The number of rotatable bonds is 10. The summed E-state index contributed by atoms with van der Waals surface area (Å²) >= 11 is 0. The Hall–Kier alpha value is -0.755. The van der Waals surface area contributed by atoms with Gasteiger partial charge in [0.15, 0.2) is 0 Å². The molecule has 2 heterocycles. The summed E-state index contributed by atoms with van der Waals surface area (Å²) in [5.74, 6) is -1.83. The lowest BCUT2D eigenvalue weighted by molar-refractivity contribution is -0.144. The van der Waals surface area contributed by atoms with E-state index in [1.165, 1.54) is 8.61 Å². The molecule has 3 atom stereocenters. The molecule has 6 N–H and O–H groups in total. The Morgan fingerprint density at radius 1 is 1.44 bits per heavy atom. The van der Waals surface area contributed by atoms with Gasteiger partial charge in [0, 0.05) is 38.1 Å². The topological polar surface area (TPSA) is 156 Å². The molecule has 2 aliphatic rings. The van der Waals surface area contributed by atoms with Crippen LogP contribution in [0.1, 0.15) is 32.6 Å². The monoisotopic (exact) mass is 406 g/mol. The third kappa shape index (κ3) is 5.00. The van der Waals surface area contributed by atoms with E-state index in [0.717, 1.165) is 13.0 Å². The van der Waals surface area contributed by atoms with Crippen molar-refractivity contribution in [3.8, 4) is 0 Å². The molecule has 156 valence electrons. The van der Waals surface area contributed by atoms with Gasteiger partial charge in [-0.05, 0) is 32.1 Å². The summed E-state index contributed by atoms with van der Waals surface area (Å²) in [5.41, 5.74) is 4.43. The second kappa shape index (κ2) is 9.16. The summed E-state index contributed by atoms with van der Waals surface area (Å²) in [6.07, 6.45) is 2.14. The Kier molecular flexibility index (Phi) is 7.65. The van der Waals surface area contributed by atoms with E-state index in [1.807, 2.05) is 6.92 Å². The first kappa shape index (κ1) is 22.5. The lowest BCUT2D eigenvalue weighted by Crippen LogP contribution is -2.56. The molecule has 2 fully saturated rings. The fourth-order valence-corrected chi connectivity index (χ4v) is 5.96. The Labute approximate surface area is 161 Å². The van der Waals surface area contributed by atoms with Crippen molar-refractivity contribution in [1.29, 1.82) is 0 Å². The van der Waals surface area contributed by atoms with Crippen LogP contribution in [0, 0.1) is 5.92 Å². The highest BCUT2D eigenvalue weighted by atomic mass is 32.2. The van der Waals surface area contributed by atoms with E-state index in [-0.39, 0.29) is 25.5 Å². The normalized spacial score (nSPS) is 29.5. The van der Waals surface area contributed by atoms with Gasteiger partial charge in [-0.25, -0.2) is 0 Å². The molecular weight excluding hydrogens is 375 g/mol. The van der Waals surface area contributed by atoms with Crippen molar-refractivity contribution in [3.63, 3.8) is 0 Å². The Bertz CT molecular complexity index is 615. The third-order valence-corrected chi connectivity index (χ3v) is 7.52. The largest absolute Gasteiger partial charge is 0.480 e. The fraction of sp³-hybridized carbons (Fsp3) is 0.933. The minimum absolute atomic E-state index is 0.0209. The van der Waals surface area contributed by atoms with E-state index >= 15 is 0 Å². The Morgan fingerprint density at radius 2 is 2.15 bits per heavy atom. The predicted molar refractivity (Wildman–Crippen MR) is 101 cm³/mol. The molecular formula is C15H31BN4O6S. The number of hydrogen-bond acceptors (Lipinski definition) is 7. The van der Waals surface area contributed by atoms with E-state index in [9.17, 15) is 18.3 Å². The van der Waals surface area contributed by atoms with Crippen molar-refractivity contribution < 1.29 is 28.4 Å².